The Bertz CT molecular complexity index is 731. The van der Waals surface area contributed by atoms with Gasteiger partial charge in [0.2, 0.25) is 0 Å². The van der Waals surface area contributed by atoms with Crippen LogP contribution < -0.4 is 4.74 Å². The molecule has 0 saturated carbocycles. The predicted octanol–water partition coefficient (Wildman–Crippen LogP) is 3.18. The molecule has 0 radical (unpaired) electrons. The molecule has 6 heteroatoms. The number of ether oxygens (including phenoxy) is 1. The molecular formula is C17H21NO4S. The Morgan fingerprint density at radius 3 is 2.43 bits per heavy atom. The molecule has 2 aromatic rings. The second kappa shape index (κ2) is 7.59. The average Bonchev–Trinajstić information content (AvgIpc) is 2.53. The second-order valence-electron chi connectivity index (χ2n) is 5.22. The Balaban J connectivity index is 2.10. The molecule has 0 bridgehead atoms. The summed E-state index contributed by atoms with van der Waals surface area (Å²) in [5.74, 6) is 0.783. The minimum absolute atomic E-state index is 0.0947. The standard InChI is InChI=1S/C17H21NO4S/c1-3-18(14(2)22-16-9-5-4-6-10-16)13-15-8-7-11-17(12-15)23(19,20)21/h4-12,14H,3,13H2,1-2H3,(H,19,20,21). The molecule has 1 atom stereocenters. The first-order chi connectivity index (χ1) is 10.9. The van der Waals surface area contributed by atoms with Crippen molar-refractivity contribution in [3.63, 3.8) is 0 Å². The fraction of sp³-hybridized carbons (Fsp3) is 0.294. The van der Waals surface area contributed by atoms with E-state index < -0.39 is 10.1 Å². The van der Waals surface area contributed by atoms with Crippen LogP contribution in [0, 0.1) is 0 Å². The van der Waals surface area contributed by atoms with Gasteiger partial charge in [-0.2, -0.15) is 8.42 Å². The van der Waals surface area contributed by atoms with E-state index in [2.05, 4.69) is 4.90 Å². The molecule has 23 heavy (non-hydrogen) atoms. The predicted molar refractivity (Wildman–Crippen MR) is 88.9 cm³/mol. The summed E-state index contributed by atoms with van der Waals surface area (Å²) in [6.07, 6.45) is -0.170. The molecule has 0 heterocycles. The van der Waals surface area contributed by atoms with Crippen LogP contribution in [-0.2, 0) is 16.7 Å². The van der Waals surface area contributed by atoms with Crippen molar-refractivity contribution in [2.75, 3.05) is 6.54 Å². The maximum Gasteiger partial charge on any atom is 0.294 e. The molecule has 2 rings (SSSR count). The van der Waals surface area contributed by atoms with E-state index in [9.17, 15) is 8.42 Å². The van der Waals surface area contributed by atoms with Crippen LogP contribution in [-0.4, -0.2) is 30.6 Å². The first-order valence-corrected chi connectivity index (χ1v) is 8.86. The van der Waals surface area contributed by atoms with Gasteiger partial charge in [-0.3, -0.25) is 9.45 Å². The zero-order valence-electron chi connectivity index (χ0n) is 13.2. The van der Waals surface area contributed by atoms with E-state index in [1.54, 1.807) is 6.07 Å². The van der Waals surface area contributed by atoms with E-state index in [1.165, 1.54) is 12.1 Å². The van der Waals surface area contributed by atoms with Crippen molar-refractivity contribution < 1.29 is 17.7 Å². The lowest BCUT2D eigenvalue weighted by molar-refractivity contribution is 0.0376. The fourth-order valence-corrected chi connectivity index (χ4v) is 2.86. The molecule has 0 aromatic heterocycles. The van der Waals surface area contributed by atoms with Crippen LogP contribution >= 0.6 is 0 Å². The first-order valence-electron chi connectivity index (χ1n) is 7.42. The molecule has 1 unspecified atom stereocenters. The quantitative estimate of drug-likeness (QED) is 0.622. The van der Waals surface area contributed by atoms with Crippen molar-refractivity contribution in [3.8, 4) is 5.75 Å². The van der Waals surface area contributed by atoms with Crippen LogP contribution in [0.4, 0.5) is 0 Å². The van der Waals surface area contributed by atoms with Crippen molar-refractivity contribution in [2.24, 2.45) is 0 Å². The Labute approximate surface area is 137 Å². The van der Waals surface area contributed by atoms with Crippen molar-refractivity contribution in [2.45, 2.75) is 31.5 Å². The maximum atomic E-state index is 11.2. The first kappa shape index (κ1) is 17.5. The minimum atomic E-state index is -4.19. The molecular weight excluding hydrogens is 314 g/mol. The van der Waals surface area contributed by atoms with Gasteiger partial charge >= 0.3 is 0 Å². The smallest absolute Gasteiger partial charge is 0.294 e. The Morgan fingerprint density at radius 1 is 1.13 bits per heavy atom. The number of hydrogen-bond acceptors (Lipinski definition) is 4. The van der Waals surface area contributed by atoms with Gasteiger partial charge in [-0.05, 0) is 43.3 Å². The van der Waals surface area contributed by atoms with Gasteiger partial charge < -0.3 is 4.74 Å². The van der Waals surface area contributed by atoms with Crippen LogP contribution in [0.15, 0.2) is 59.5 Å². The van der Waals surface area contributed by atoms with E-state index >= 15 is 0 Å². The lowest BCUT2D eigenvalue weighted by Crippen LogP contribution is -2.36. The third-order valence-corrected chi connectivity index (χ3v) is 4.40. The summed E-state index contributed by atoms with van der Waals surface area (Å²) in [5.41, 5.74) is 0.797. The monoisotopic (exact) mass is 335 g/mol. The lowest BCUT2D eigenvalue weighted by Gasteiger charge is -2.28. The summed E-state index contributed by atoms with van der Waals surface area (Å²) < 4.78 is 37.5. The van der Waals surface area contributed by atoms with Gasteiger partial charge in [-0.25, -0.2) is 0 Å². The van der Waals surface area contributed by atoms with Gasteiger partial charge in [0, 0.05) is 6.54 Å². The zero-order chi connectivity index (χ0) is 16.9. The van der Waals surface area contributed by atoms with Crippen LogP contribution in [0.3, 0.4) is 0 Å². The third kappa shape index (κ3) is 5.06. The van der Waals surface area contributed by atoms with Gasteiger partial charge in [-0.15, -0.1) is 0 Å². The van der Waals surface area contributed by atoms with Crippen molar-refractivity contribution in [1.29, 1.82) is 0 Å². The number of nitrogens with zero attached hydrogens (tertiary/aromatic N) is 1. The largest absolute Gasteiger partial charge is 0.475 e. The van der Waals surface area contributed by atoms with Gasteiger partial charge in [0.15, 0.2) is 0 Å². The zero-order valence-corrected chi connectivity index (χ0v) is 14.0. The summed E-state index contributed by atoms with van der Waals surface area (Å²) in [4.78, 5) is 1.97. The summed E-state index contributed by atoms with van der Waals surface area (Å²) in [7, 11) is -4.19. The third-order valence-electron chi connectivity index (χ3n) is 3.55. The van der Waals surface area contributed by atoms with Gasteiger partial charge in [-0.1, -0.05) is 37.3 Å². The lowest BCUT2D eigenvalue weighted by atomic mass is 10.2. The van der Waals surface area contributed by atoms with Crippen LogP contribution in [0.1, 0.15) is 19.4 Å². The molecule has 0 spiro atoms. The second-order valence-corrected chi connectivity index (χ2v) is 6.64. The topological polar surface area (TPSA) is 66.8 Å². The molecule has 0 aliphatic carbocycles. The molecule has 0 aliphatic rings. The van der Waals surface area contributed by atoms with E-state index in [0.29, 0.717) is 6.54 Å². The Morgan fingerprint density at radius 2 is 1.83 bits per heavy atom. The number of rotatable bonds is 7. The Hall–Kier alpha value is -1.89. The summed E-state index contributed by atoms with van der Waals surface area (Å²) in [5, 5.41) is 0. The molecule has 1 N–H and O–H groups in total. The highest BCUT2D eigenvalue weighted by atomic mass is 32.2. The summed E-state index contributed by atoms with van der Waals surface area (Å²) >= 11 is 0. The maximum absolute atomic E-state index is 11.2. The van der Waals surface area contributed by atoms with Gasteiger partial charge in [0.05, 0.1) is 4.90 Å². The molecule has 124 valence electrons. The highest BCUT2D eigenvalue weighted by Gasteiger charge is 2.16. The molecule has 0 aliphatic heterocycles. The van der Waals surface area contributed by atoms with E-state index in [0.717, 1.165) is 17.9 Å². The van der Waals surface area contributed by atoms with Crippen molar-refractivity contribution in [3.05, 3.63) is 60.2 Å². The molecule has 2 aromatic carbocycles. The van der Waals surface area contributed by atoms with E-state index in [1.807, 2.05) is 50.2 Å². The number of hydrogen-bond donors (Lipinski definition) is 1. The van der Waals surface area contributed by atoms with Crippen LogP contribution in [0.2, 0.25) is 0 Å². The van der Waals surface area contributed by atoms with Gasteiger partial charge in [0.1, 0.15) is 12.0 Å². The number of para-hydroxylation sites is 1. The molecule has 0 amide bonds. The summed E-state index contributed by atoms with van der Waals surface area (Å²) in [6, 6.07) is 15.8. The Kier molecular flexibility index (Phi) is 5.76. The molecule has 5 nitrogen and oxygen atoms in total. The average molecular weight is 335 g/mol. The van der Waals surface area contributed by atoms with Crippen LogP contribution in [0.25, 0.3) is 0 Å². The van der Waals surface area contributed by atoms with Crippen molar-refractivity contribution in [1.82, 2.24) is 4.90 Å². The molecule has 0 fully saturated rings. The van der Waals surface area contributed by atoms with E-state index in [-0.39, 0.29) is 11.1 Å². The molecule has 0 saturated heterocycles. The number of benzene rings is 2. The summed E-state index contributed by atoms with van der Waals surface area (Å²) in [6.45, 7) is 5.22. The van der Waals surface area contributed by atoms with Crippen molar-refractivity contribution >= 4 is 10.1 Å². The highest BCUT2D eigenvalue weighted by Crippen LogP contribution is 2.17. The van der Waals surface area contributed by atoms with Crippen LogP contribution in [0.5, 0.6) is 5.75 Å². The van der Waals surface area contributed by atoms with E-state index in [4.69, 9.17) is 9.29 Å². The van der Waals surface area contributed by atoms with Gasteiger partial charge in [0.25, 0.3) is 10.1 Å². The SMILES string of the molecule is CCN(Cc1cccc(S(=O)(=O)O)c1)C(C)Oc1ccccc1. The highest BCUT2D eigenvalue weighted by molar-refractivity contribution is 7.85. The fourth-order valence-electron chi connectivity index (χ4n) is 2.31. The minimum Gasteiger partial charge on any atom is -0.475 e. The normalized spacial score (nSPS) is 13.0.